The Labute approximate surface area is 157 Å². The number of nitrogens with one attached hydrogen (secondary N) is 1. The number of rotatable bonds is 6. The summed E-state index contributed by atoms with van der Waals surface area (Å²) in [4.78, 5) is 12.6. The molecule has 0 aromatic heterocycles. The van der Waals surface area contributed by atoms with Crippen molar-refractivity contribution in [2.75, 3.05) is 5.32 Å². The van der Waals surface area contributed by atoms with Gasteiger partial charge in [-0.25, -0.2) is 0 Å². The third-order valence-electron chi connectivity index (χ3n) is 4.65. The van der Waals surface area contributed by atoms with Gasteiger partial charge in [0.25, 0.3) is 5.91 Å². The number of carbonyl (C=O) groups excluding carboxylic acids is 1. The van der Waals surface area contributed by atoms with Crippen LogP contribution in [-0.2, 0) is 23.1 Å². The molecule has 1 amide bonds. The Balaban J connectivity index is 2.09. The topological polar surface area (TPSA) is 38.3 Å². The maximum absolute atomic E-state index is 12.6. The van der Waals surface area contributed by atoms with Gasteiger partial charge in [-0.15, -0.1) is 0 Å². The molecule has 1 atom stereocenters. The number of carbonyl (C=O) groups is 1. The molecule has 2 aromatic rings. The number of hydrogen-bond acceptors (Lipinski definition) is 2. The smallest absolute Gasteiger partial charge is 0.265 e. The molecule has 0 spiro atoms. The van der Waals surface area contributed by atoms with E-state index in [0.717, 1.165) is 29.7 Å². The number of para-hydroxylation sites is 1. The summed E-state index contributed by atoms with van der Waals surface area (Å²) in [5, 5.41) is 3.07. The van der Waals surface area contributed by atoms with E-state index in [0.29, 0.717) is 5.75 Å². The van der Waals surface area contributed by atoms with Crippen LogP contribution in [0.25, 0.3) is 0 Å². The van der Waals surface area contributed by atoms with Crippen molar-refractivity contribution in [1.29, 1.82) is 0 Å². The zero-order valence-corrected chi connectivity index (χ0v) is 16.8. The van der Waals surface area contributed by atoms with E-state index < -0.39 is 6.10 Å². The molecule has 0 bridgehead atoms. The summed E-state index contributed by atoms with van der Waals surface area (Å²) in [6, 6.07) is 14.1. The molecule has 0 saturated carbocycles. The number of amides is 1. The fourth-order valence-corrected chi connectivity index (χ4v) is 2.92. The minimum absolute atomic E-state index is 0.0991. The van der Waals surface area contributed by atoms with Crippen LogP contribution in [0, 0.1) is 0 Å². The minimum atomic E-state index is -0.565. The standard InChI is InChI=1S/C23H31NO2/c1-7-17-10-9-11-18(8-2)21(17)24-22(25)16(3)26-20-14-12-19(13-15-20)23(4,5)6/h9-16H,7-8H2,1-6H3,(H,24,25)/t16-/m0/s1. The molecule has 26 heavy (non-hydrogen) atoms. The van der Waals surface area contributed by atoms with Gasteiger partial charge in [0.05, 0.1) is 0 Å². The van der Waals surface area contributed by atoms with Crippen molar-refractivity contribution in [3.63, 3.8) is 0 Å². The van der Waals surface area contributed by atoms with E-state index >= 15 is 0 Å². The van der Waals surface area contributed by atoms with E-state index in [-0.39, 0.29) is 11.3 Å². The zero-order valence-electron chi connectivity index (χ0n) is 16.8. The lowest BCUT2D eigenvalue weighted by molar-refractivity contribution is -0.122. The highest BCUT2D eigenvalue weighted by Crippen LogP contribution is 2.26. The van der Waals surface area contributed by atoms with Gasteiger partial charge in [-0.05, 0) is 54.0 Å². The van der Waals surface area contributed by atoms with Gasteiger partial charge in [-0.2, -0.15) is 0 Å². The van der Waals surface area contributed by atoms with Gasteiger partial charge in [0, 0.05) is 5.69 Å². The van der Waals surface area contributed by atoms with Crippen LogP contribution in [0.3, 0.4) is 0 Å². The predicted molar refractivity (Wildman–Crippen MR) is 109 cm³/mol. The number of ether oxygens (including phenoxy) is 1. The molecular formula is C23H31NO2. The Bertz CT molecular complexity index is 720. The minimum Gasteiger partial charge on any atom is -0.481 e. The van der Waals surface area contributed by atoms with Crippen LogP contribution in [0.4, 0.5) is 5.69 Å². The Morgan fingerprint density at radius 1 is 1.00 bits per heavy atom. The van der Waals surface area contributed by atoms with E-state index in [1.54, 1.807) is 6.92 Å². The maximum atomic E-state index is 12.6. The first-order chi connectivity index (χ1) is 12.3. The van der Waals surface area contributed by atoms with Crippen LogP contribution >= 0.6 is 0 Å². The third-order valence-corrected chi connectivity index (χ3v) is 4.65. The van der Waals surface area contributed by atoms with Crippen molar-refractivity contribution >= 4 is 11.6 Å². The normalized spacial score (nSPS) is 12.5. The maximum Gasteiger partial charge on any atom is 0.265 e. The molecule has 0 aliphatic carbocycles. The second-order valence-corrected chi connectivity index (χ2v) is 7.68. The van der Waals surface area contributed by atoms with Crippen LogP contribution in [0.15, 0.2) is 42.5 Å². The lowest BCUT2D eigenvalue weighted by Gasteiger charge is -2.21. The summed E-state index contributed by atoms with van der Waals surface area (Å²) in [6.07, 6.45) is 1.20. The van der Waals surface area contributed by atoms with E-state index in [2.05, 4.69) is 64.2 Å². The summed E-state index contributed by atoms with van der Waals surface area (Å²) in [5.41, 5.74) is 4.58. The quantitative estimate of drug-likeness (QED) is 0.743. The van der Waals surface area contributed by atoms with Gasteiger partial charge in [0.15, 0.2) is 6.10 Å². The highest BCUT2D eigenvalue weighted by Gasteiger charge is 2.18. The van der Waals surface area contributed by atoms with Gasteiger partial charge < -0.3 is 10.1 Å². The summed E-state index contributed by atoms with van der Waals surface area (Å²) < 4.78 is 5.85. The summed E-state index contributed by atoms with van der Waals surface area (Å²) >= 11 is 0. The molecule has 2 aromatic carbocycles. The number of hydrogen-bond donors (Lipinski definition) is 1. The Hall–Kier alpha value is -2.29. The molecule has 1 N–H and O–H groups in total. The summed E-state index contributed by atoms with van der Waals surface area (Å²) in [5.74, 6) is 0.584. The fraction of sp³-hybridized carbons (Fsp3) is 0.435. The van der Waals surface area contributed by atoms with Crippen molar-refractivity contribution in [3.05, 3.63) is 59.2 Å². The fourth-order valence-electron chi connectivity index (χ4n) is 2.92. The van der Waals surface area contributed by atoms with Gasteiger partial charge in [0.1, 0.15) is 5.75 Å². The summed E-state index contributed by atoms with van der Waals surface area (Å²) in [6.45, 7) is 12.5. The summed E-state index contributed by atoms with van der Waals surface area (Å²) in [7, 11) is 0. The molecule has 0 saturated heterocycles. The van der Waals surface area contributed by atoms with Gasteiger partial charge in [0.2, 0.25) is 0 Å². The first kappa shape index (κ1) is 20.0. The van der Waals surface area contributed by atoms with Crippen molar-refractivity contribution in [3.8, 4) is 5.75 Å². The first-order valence-electron chi connectivity index (χ1n) is 9.45. The highest BCUT2D eigenvalue weighted by atomic mass is 16.5. The molecule has 0 heterocycles. The number of benzene rings is 2. The molecule has 3 heteroatoms. The predicted octanol–water partition coefficient (Wildman–Crippen LogP) is 5.51. The van der Waals surface area contributed by atoms with Gasteiger partial charge in [-0.1, -0.05) is 65.0 Å². The van der Waals surface area contributed by atoms with Crippen molar-refractivity contribution in [1.82, 2.24) is 0 Å². The molecule has 0 aliphatic rings. The van der Waals surface area contributed by atoms with Crippen molar-refractivity contribution < 1.29 is 9.53 Å². The van der Waals surface area contributed by atoms with Gasteiger partial charge in [-0.3, -0.25) is 4.79 Å². The number of aryl methyl sites for hydroxylation is 2. The monoisotopic (exact) mass is 353 g/mol. The molecule has 0 unspecified atom stereocenters. The average Bonchev–Trinajstić information content (AvgIpc) is 2.61. The van der Waals surface area contributed by atoms with E-state index in [1.165, 1.54) is 5.56 Å². The molecule has 0 radical (unpaired) electrons. The molecular weight excluding hydrogens is 322 g/mol. The van der Waals surface area contributed by atoms with Crippen LogP contribution in [-0.4, -0.2) is 12.0 Å². The Morgan fingerprint density at radius 3 is 2.00 bits per heavy atom. The van der Waals surface area contributed by atoms with E-state index in [1.807, 2.05) is 18.2 Å². The molecule has 2 rings (SSSR count). The van der Waals surface area contributed by atoms with Crippen molar-refractivity contribution in [2.45, 2.75) is 65.9 Å². The third kappa shape index (κ3) is 4.87. The average molecular weight is 354 g/mol. The van der Waals surface area contributed by atoms with Crippen LogP contribution in [0.2, 0.25) is 0 Å². The molecule has 0 aliphatic heterocycles. The highest BCUT2D eigenvalue weighted by molar-refractivity contribution is 5.95. The van der Waals surface area contributed by atoms with Crippen LogP contribution in [0.5, 0.6) is 5.75 Å². The number of anilines is 1. The van der Waals surface area contributed by atoms with Crippen molar-refractivity contribution in [2.24, 2.45) is 0 Å². The van der Waals surface area contributed by atoms with E-state index in [4.69, 9.17) is 4.74 Å². The first-order valence-corrected chi connectivity index (χ1v) is 9.45. The molecule has 140 valence electrons. The van der Waals surface area contributed by atoms with Crippen LogP contribution < -0.4 is 10.1 Å². The second-order valence-electron chi connectivity index (χ2n) is 7.68. The molecule has 3 nitrogen and oxygen atoms in total. The second kappa shape index (κ2) is 8.39. The Morgan fingerprint density at radius 2 is 1.54 bits per heavy atom. The lowest BCUT2D eigenvalue weighted by Crippen LogP contribution is -2.31. The molecule has 0 fully saturated rings. The zero-order chi connectivity index (χ0) is 19.3. The SMILES string of the molecule is CCc1cccc(CC)c1NC(=O)[C@H](C)Oc1ccc(C(C)(C)C)cc1. The van der Waals surface area contributed by atoms with E-state index in [9.17, 15) is 4.79 Å². The lowest BCUT2D eigenvalue weighted by atomic mass is 9.87. The largest absolute Gasteiger partial charge is 0.481 e. The Kier molecular flexibility index (Phi) is 6.47. The van der Waals surface area contributed by atoms with Gasteiger partial charge >= 0.3 is 0 Å². The van der Waals surface area contributed by atoms with Crippen LogP contribution in [0.1, 0.15) is 58.2 Å².